The van der Waals surface area contributed by atoms with Gasteiger partial charge >= 0.3 is 6.18 Å². The molecule has 0 aliphatic carbocycles. The van der Waals surface area contributed by atoms with E-state index in [1.54, 1.807) is 0 Å². The second-order valence-corrected chi connectivity index (χ2v) is 7.61. The summed E-state index contributed by atoms with van der Waals surface area (Å²) in [5.41, 5.74) is 1.76. The van der Waals surface area contributed by atoms with Crippen LogP contribution in [0.2, 0.25) is 0 Å². The molecule has 1 fully saturated rings. The average Bonchev–Trinajstić information content (AvgIpc) is 3.34. The maximum absolute atomic E-state index is 13.7. The number of nitrogens with one attached hydrogen (secondary N) is 2. The highest BCUT2D eigenvalue weighted by molar-refractivity contribution is 5.93. The highest BCUT2D eigenvalue weighted by Crippen LogP contribution is 2.43. The van der Waals surface area contributed by atoms with Crippen molar-refractivity contribution in [2.75, 3.05) is 18.5 Å². The van der Waals surface area contributed by atoms with Crippen molar-refractivity contribution in [3.05, 3.63) is 47.2 Å². The van der Waals surface area contributed by atoms with Gasteiger partial charge in [-0.2, -0.15) is 18.3 Å². The summed E-state index contributed by atoms with van der Waals surface area (Å²) in [4.78, 5) is 12.4. The first-order chi connectivity index (χ1) is 13.8. The minimum Gasteiger partial charge on any atom is -0.376 e. The summed E-state index contributed by atoms with van der Waals surface area (Å²) in [5.74, 6) is -0.316. The number of alkyl halides is 3. The van der Waals surface area contributed by atoms with E-state index < -0.39 is 24.2 Å². The molecular weight excluding hydrogens is 385 g/mol. The summed E-state index contributed by atoms with van der Waals surface area (Å²) < 4.78 is 47.5. The molecule has 1 amide bonds. The molecule has 3 atom stereocenters. The summed E-state index contributed by atoms with van der Waals surface area (Å²) in [7, 11) is 0. The van der Waals surface area contributed by atoms with Gasteiger partial charge in [0.25, 0.3) is 5.91 Å². The SMILES string of the molecule is Cc1ccc([C@H]2C[C@@H](C(F)(F)F)n3nc(C(=O)NC[C@@H]4CCCO4)cc3N2)cc1. The Morgan fingerprint density at radius 1 is 1.34 bits per heavy atom. The quantitative estimate of drug-likeness (QED) is 0.808. The van der Waals surface area contributed by atoms with E-state index in [1.165, 1.54) is 6.07 Å². The Bertz CT molecular complexity index is 873. The number of ether oxygens (including phenoxy) is 1. The van der Waals surface area contributed by atoms with E-state index in [2.05, 4.69) is 15.7 Å². The number of aromatic nitrogens is 2. The van der Waals surface area contributed by atoms with Crippen LogP contribution >= 0.6 is 0 Å². The predicted molar refractivity (Wildman–Crippen MR) is 101 cm³/mol. The Kier molecular flexibility index (Phi) is 5.24. The van der Waals surface area contributed by atoms with Crippen LogP contribution in [0.4, 0.5) is 19.0 Å². The number of hydrogen-bond acceptors (Lipinski definition) is 4. The normalized spacial score (nSPS) is 24.1. The highest BCUT2D eigenvalue weighted by atomic mass is 19.4. The van der Waals surface area contributed by atoms with Gasteiger partial charge in [-0.15, -0.1) is 0 Å². The van der Waals surface area contributed by atoms with Crippen molar-refractivity contribution in [2.24, 2.45) is 0 Å². The zero-order valence-electron chi connectivity index (χ0n) is 16.0. The molecule has 0 unspecified atom stereocenters. The minimum atomic E-state index is -4.47. The number of fused-ring (bicyclic) bond motifs is 1. The highest BCUT2D eigenvalue weighted by Gasteiger charge is 2.46. The van der Waals surface area contributed by atoms with E-state index >= 15 is 0 Å². The molecule has 3 heterocycles. The first-order valence-corrected chi connectivity index (χ1v) is 9.70. The summed E-state index contributed by atoms with van der Waals surface area (Å²) >= 11 is 0. The van der Waals surface area contributed by atoms with Gasteiger partial charge in [-0.1, -0.05) is 29.8 Å². The minimum absolute atomic E-state index is 0.0377. The van der Waals surface area contributed by atoms with Crippen LogP contribution in [0.25, 0.3) is 0 Å². The van der Waals surface area contributed by atoms with Gasteiger partial charge in [-0.3, -0.25) is 4.79 Å². The Morgan fingerprint density at radius 2 is 2.10 bits per heavy atom. The van der Waals surface area contributed by atoms with Crippen LogP contribution in [0, 0.1) is 6.92 Å². The summed E-state index contributed by atoms with van der Waals surface area (Å²) in [5, 5.41) is 9.77. The molecule has 156 valence electrons. The number of nitrogens with zero attached hydrogens (tertiary/aromatic N) is 2. The fraction of sp³-hybridized carbons (Fsp3) is 0.500. The second kappa shape index (κ2) is 7.70. The van der Waals surface area contributed by atoms with Crippen LogP contribution in [0.5, 0.6) is 0 Å². The van der Waals surface area contributed by atoms with Gasteiger partial charge in [0, 0.05) is 25.6 Å². The molecule has 1 aromatic heterocycles. The molecule has 29 heavy (non-hydrogen) atoms. The van der Waals surface area contributed by atoms with Crippen LogP contribution in [0.15, 0.2) is 30.3 Å². The van der Waals surface area contributed by atoms with Gasteiger partial charge < -0.3 is 15.4 Å². The number of aryl methyl sites for hydroxylation is 1. The lowest BCUT2D eigenvalue weighted by atomic mass is 9.96. The molecule has 4 rings (SSSR count). The number of halogens is 3. The third-order valence-electron chi connectivity index (χ3n) is 5.42. The second-order valence-electron chi connectivity index (χ2n) is 7.61. The third kappa shape index (κ3) is 4.24. The van der Waals surface area contributed by atoms with Gasteiger partial charge in [0.15, 0.2) is 11.7 Å². The van der Waals surface area contributed by atoms with E-state index in [1.807, 2.05) is 31.2 Å². The summed E-state index contributed by atoms with van der Waals surface area (Å²) in [6.45, 7) is 2.91. The first-order valence-electron chi connectivity index (χ1n) is 9.70. The van der Waals surface area contributed by atoms with Crippen molar-refractivity contribution < 1.29 is 22.7 Å². The molecule has 0 saturated carbocycles. The summed E-state index contributed by atoms with van der Waals surface area (Å²) in [6.07, 6.45) is -2.93. The molecule has 9 heteroatoms. The molecule has 2 aliphatic rings. The predicted octanol–water partition coefficient (Wildman–Crippen LogP) is 3.76. The lowest BCUT2D eigenvalue weighted by Crippen LogP contribution is -2.36. The summed E-state index contributed by atoms with van der Waals surface area (Å²) in [6, 6.07) is 6.44. The number of anilines is 1. The molecule has 6 nitrogen and oxygen atoms in total. The Hall–Kier alpha value is -2.55. The van der Waals surface area contributed by atoms with Crippen molar-refractivity contribution in [1.29, 1.82) is 0 Å². The molecule has 0 spiro atoms. The fourth-order valence-corrected chi connectivity index (χ4v) is 3.80. The largest absolute Gasteiger partial charge is 0.410 e. The van der Waals surface area contributed by atoms with E-state index in [4.69, 9.17) is 4.74 Å². The van der Waals surface area contributed by atoms with E-state index in [0.717, 1.165) is 28.7 Å². The van der Waals surface area contributed by atoms with Gasteiger partial charge in [0.1, 0.15) is 5.82 Å². The smallest absolute Gasteiger partial charge is 0.376 e. The maximum atomic E-state index is 13.7. The van der Waals surface area contributed by atoms with E-state index in [0.29, 0.717) is 13.2 Å². The molecule has 1 saturated heterocycles. The Morgan fingerprint density at radius 3 is 2.76 bits per heavy atom. The first kappa shape index (κ1) is 19.8. The number of carbonyl (C=O) groups excluding carboxylic acids is 1. The monoisotopic (exact) mass is 408 g/mol. The van der Waals surface area contributed by atoms with Gasteiger partial charge in [-0.05, 0) is 25.3 Å². The average molecular weight is 408 g/mol. The van der Waals surface area contributed by atoms with Crippen molar-refractivity contribution in [2.45, 2.75) is 50.6 Å². The molecule has 2 N–H and O–H groups in total. The number of carbonyl (C=O) groups is 1. The van der Waals surface area contributed by atoms with Crippen LogP contribution < -0.4 is 10.6 Å². The van der Waals surface area contributed by atoms with Crippen molar-refractivity contribution in [1.82, 2.24) is 15.1 Å². The molecule has 0 radical (unpaired) electrons. The van der Waals surface area contributed by atoms with Crippen molar-refractivity contribution >= 4 is 11.7 Å². The standard InChI is InChI=1S/C20H23F3N4O2/c1-12-4-6-13(7-5-12)15-9-17(20(21,22)23)27-18(25-15)10-16(26-27)19(28)24-11-14-3-2-8-29-14/h4-7,10,14-15,17,25H,2-3,8-9,11H2,1H3,(H,24,28)/t14-,15+,17-/m0/s1. The van der Waals surface area contributed by atoms with Crippen LogP contribution in [0.1, 0.15) is 53.0 Å². The third-order valence-corrected chi connectivity index (χ3v) is 5.42. The molecule has 0 bridgehead atoms. The maximum Gasteiger partial charge on any atom is 0.410 e. The fourth-order valence-electron chi connectivity index (χ4n) is 3.80. The Labute approximate surface area is 166 Å². The molecule has 2 aromatic rings. The number of rotatable bonds is 4. The van der Waals surface area contributed by atoms with Gasteiger partial charge in [0.2, 0.25) is 0 Å². The van der Waals surface area contributed by atoms with E-state index in [9.17, 15) is 18.0 Å². The van der Waals surface area contributed by atoms with Crippen molar-refractivity contribution in [3.63, 3.8) is 0 Å². The lowest BCUT2D eigenvalue weighted by Gasteiger charge is -2.33. The molecule has 2 aliphatic heterocycles. The lowest BCUT2D eigenvalue weighted by molar-refractivity contribution is -0.173. The van der Waals surface area contributed by atoms with Gasteiger partial charge in [0.05, 0.1) is 12.1 Å². The molecular formula is C20H23F3N4O2. The zero-order valence-corrected chi connectivity index (χ0v) is 16.0. The zero-order chi connectivity index (χ0) is 20.6. The van der Waals surface area contributed by atoms with Crippen LogP contribution in [-0.2, 0) is 4.74 Å². The number of benzene rings is 1. The number of hydrogen-bond donors (Lipinski definition) is 2. The van der Waals surface area contributed by atoms with Gasteiger partial charge in [-0.25, -0.2) is 4.68 Å². The van der Waals surface area contributed by atoms with E-state index in [-0.39, 0.29) is 24.0 Å². The molecule has 1 aromatic carbocycles. The van der Waals surface area contributed by atoms with Crippen LogP contribution in [-0.4, -0.2) is 41.1 Å². The van der Waals surface area contributed by atoms with Crippen molar-refractivity contribution in [3.8, 4) is 0 Å². The topological polar surface area (TPSA) is 68.2 Å². The van der Waals surface area contributed by atoms with Crippen LogP contribution in [0.3, 0.4) is 0 Å². The number of amides is 1. The Balaban J connectivity index is 1.56.